The third kappa shape index (κ3) is 4.83. The molecule has 3 N–H and O–H groups in total. The Hall–Kier alpha value is -3.17. The van der Waals surface area contributed by atoms with E-state index in [2.05, 4.69) is 15.2 Å². The molecule has 3 aromatic rings. The van der Waals surface area contributed by atoms with Crippen LogP contribution in [0.15, 0.2) is 53.3 Å². The molecule has 2 aliphatic heterocycles. The molecule has 0 bridgehead atoms. The fourth-order valence-electron chi connectivity index (χ4n) is 5.27. The van der Waals surface area contributed by atoms with Gasteiger partial charge in [0.25, 0.3) is 5.56 Å². The third-order valence-electron chi connectivity index (χ3n) is 6.94. The van der Waals surface area contributed by atoms with Crippen molar-refractivity contribution in [3.63, 3.8) is 0 Å². The van der Waals surface area contributed by atoms with Crippen LogP contribution in [0.2, 0.25) is 0 Å². The molecule has 3 heterocycles. The van der Waals surface area contributed by atoms with Crippen LogP contribution in [0.3, 0.4) is 0 Å². The molecule has 5 rings (SSSR count). The summed E-state index contributed by atoms with van der Waals surface area (Å²) in [5.74, 6) is -0.525. The lowest BCUT2D eigenvalue weighted by atomic mass is 9.93. The predicted octanol–water partition coefficient (Wildman–Crippen LogP) is 3.64. The Morgan fingerprint density at radius 2 is 1.89 bits per heavy atom. The SMILES string of the molecule is O=C1NC(CN2CCC[C@H](O)C2)C[C@H]1c1ccc2cc(-c3ccccc3C(F)(F)F)[nH]c(=O)c2c1. The van der Waals surface area contributed by atoms with E-state index in [0.717, 1.165) is 25.5 Å². The van der Waals surface area contributed by atoms with Crippen LogP contribution >= 0.6 is 0 Å². The van der Waals surface area contributed by atoms with E-state index in [0.29, 0.717) is 35.8 Å². The minimum absolute atomic E-state index is 0.0481. The Bertz CT molecular complexity index is 1320. The van der Waals surface area contributed by atoms with Crippen LogP contribution in [-0.4, -0.2) is 52.7 Å². The molecule has 3 atom stereocenters. The van der Waals surface area contributed by atoms with Crippen LogP contribution in [-0.2, 0) is 11.0 Å². The van der Waals surface area contributed by atoms with Crippen molar-refractivity contribution < 1.29 is 23.1 Å². The number of aliphatic hydroxyl groups is 1. The number of aliphatic hydroxyl groups excluding tert-OH is 1. The number of amides is 1. The van der Waals surface area contributed by atoms with Crippen molar-refractivity contribution in [3.05, 3.63) is 70.0 Å². The number of β-amino-alcohol motifs (C(OH)–C–C–N with tert-alkyl or cyclic N) is 1. The van der Waals surface area contributed by atoms with Gasteiger partial charge in [0.1, 0.15) is 0 Å². The smallest absolute Gasteiger partial charge is 0.392 e. The Morgan fingerprint density at radius 3 is 2.66 bits per heavy atom. The normalized spacial score (nSPS) is 23.5. The molecule has 9 heteroatoms. The second kappa shape index (κ2) is 9.13. The van der Waals surface area contributed by atoms with E-state index < -0.39 is 23.2 Å². The van der Waals surface area contributed by atoms with Gasteiger partial charge in [-0.3, -0.25) is 14.5 Å². The van der Waals surface area contributed by atoms with Crippen LogP contribution in [0, 0.1) is 0 Å². The van der Waals surface area contributed by atoms with E-state index in [4.69, 9.17) is 0 Å². The molecule has 0 aliphatic carbocycles. The number of nitrogens with zero attached hydrogens (tertiary/aromatic N) is 1. The number of hydrogen-bond acceptors (Lipinski definition) is 4. The van der Waals surface area contributed by atoms with Crippen LogP contribution in [0.1, 0.15) is 36.3 Å². The highest BCUT2D eigenvalue weighted by atomic mass is 19.4. The molecule has 2 aromatic carbocycles. The molecule has 0 saturated carbocycles. The van der Waals surface area contributed by atoms with E-state index >= 15 is 0 Å². The van der Waals surface area contributed by atoms with Gasteiger partial charge in [-0.05, 0) is 55.0 Å². The van der Waals surface area contributed by atoms with Gasteiger partial charge in [-0.2, -0.15) is 13.2 Å². The summed E-state index contributed by atoms with van der Waals surface area (Å²) in [7, 11) is 0. The number of rotatable bonds is 4. The largest absolute Gasteiger partial charge is 0.417 e. The van der Waals surface area contributed by atoms with Gasteiger partial charge in [-0.1, -0.05) is 30.3 Å². The fourth-order valence-corrected chi connectivity index (χ4v) is 5.27. The molecule has 1 aromatic heterocycles. The van der Waals surface area contributed by atoms with Gasteiger partial charge in [0.05, 0.1) is 17.6 Å². The van der Waals surface area contributed by atoms with E-state index in [1.807, 2.05) is 0 Å². The zero-order valence-electron chi connectivity index (χ0n) is 18.9. The zero-order valence-corrected chi connectivity index (χ0v) is 18.9. The first kappa shape index (κ1) is 23.6. The lowest BCUT2D eigenvalue weighted by molar-refractivity contribution is -0.137. The summed E-state index contributed by atoms with van der Waals surface area (Å²) in [4.78, 5) is 30.3. The minimum Gasteiger partial charge on any atom is -0.392 e. The highest BCUT2D eigenvalue weighted by Gasteiger charge is 2.35. The number of aromatic amines is 1. The summed E-state index contributed by atoms with van der Waals surface area (Å²) in [5, 5.41) is 13.7. The number of halogens is 3. The van der Waals surface area contributed by atoms with Crippen molar-refractivity contribution >= 4 is 16.7 Å². The summed E-state index contributed by atoms with van der Waals surface area (Å²) in [6.07, 6.45) is -2.59. The van der Waals surface area contributed by atoms with E-state index in [1.54, 1.807) is 18.2 Å². The van der Waals surface area contributed by atoms with Crippen molar-refractivity contribution in [2.45, 2.75) is 43.5 Å². The maximum absolute atomic E-state index is 13.5. The van der Waals surface area contributed by atoms with Crippen LogP contribution in [0.4, 0.5) is 13.2 Å². The standard InChI is InChI=1S/C26H26F3N3O3/c27-26(28,29)22-6-2-1-5-19(22)23-11-16-8-7-15(10-20(16)25(35)31-23)21-12-17(30-24(21)34)13-32-9-3-4-18(33)14-32/h1-2,5-8,10-11,17-18,21,33H,3-4,9,12-14H2,(H,30,34)(H,31,35)/t17?,18-,21-/m0/s1. The average Bonchev–Trinajstić information content (AvgIpc) is 3.18. The van der Waals surface area contributed by atoms with E-state index in [1.165, 1.54) is 24.3 Å². The van der Waals surface area contributed by atoms with Gasteiger partial charge in [-0.15, -0.1) is 0 Å². The summed E-state index contributed by atoms with van der Waals surface area (Å²) in [6, 6.07) is 11.7. The molecule has 1 unspecified atom stereocenters. The van der Waals surface area contributed by atoms with Crippen molar-refractivity contribution in [3.8, 4) is 11.3 Å². The third-order valence-corrected chi connectivity index (χ3v) is 6.94. The monoisotopic (exact) mass is 485 g/mol. The molecule has 184 valence electrons. The number of benzene rings is 2. The number of likely N-dealkylation sites (tertiary alicyclic amines) is 1. The van der Waals surface area contributed by atoms with Crippen LogP contribution < -0.4 is 10.9 Å². The molecule has 35 heavy (non-hydrogen) atoms. The second-order valence-electron chi connectivity index (χ2n) is 9.45. The molecule has 0 radical (unpaired) electrons. The van der Waals surface area contributed by atoms with Crippen molar-refractivity contribution in [1.82, 2.24) is 15.2 Å². The van der Waals surface area contributed by atoms with Gasteiger partial charge in [0, 0.05) is 35.8 Å². The van der Waals surface area contributed by atoms with Gasteiger partial charge in [0.15, 0.2) is 0 Å². The van der Waals surface area contributed by atoms with E-state index in [9.17, 15) is 27.9 Å². The van der Waals surface area contributed by atoms with Gasteiger partial charge in [0.2, 0.25) is 5.91 Å². The molecule has 0 spiro atoms. The Balaban J connectivity index is 1.41. The number of nitrogens with one attached hydrogen (secondary N) is 2. The second-order valence-corrected chi connectivity index (χ2v) is 9.45. The van der Waals surface area contributed by atoms with Crippen molar-refractivity contribution in [2.75, 3.05) is 19.6 Å². The number of pyridine rings is 1. The zero-order chi connectivity index (χ0) is 24.7. The summed E-state index contributed by atoms with van der Waals surface area (Å²) in [6.45, 7) is 2.15. The number of piperidine rings is 1. The Kier molecular flexibility index (Phi) is 6.14. The molecular weight excluding hydrogens is 459 g/mol. The number of carbonyl (C=O) groups excluding carboxylic acids is 1. The number of carbonyl (C=O) groups is 1. The van der Waals surface area contributed by atoms with Gasteiger partial charge in [-0.25, -0.2) is 0 Å². The predicted molar refractivity (Wildman–Crippen MR) is 126 cm³/mol. The number of H-pyrrole nitrogens is 1. The minimum atomic E-state index is -4.55. The van der Waals surface area contributed by atoms with Crippen molar-refractivity contribution in [2.24, 2.45) is 0 Å². The number of fused-ring (bicyclic) bond motifs is 1. The van der Waals surface area contributed by atoms with Gasteiger partial charge >= 0.3 is 6.18 Å². The average molecular weight is 486 g/mol. The quantitative estimate of drug-likeness (QED) is 0.527. The molecule has 2 aliphatic rings. The lowest BCUT2D eigenvalue weighted by Gasteiger charge is -2.31. The number of aromatic nitrogens is 1. The van der Waals surface area contributed by atoms with Crippen LogP contribution in [0.5, 0.6) is 0 Å². The maximum Gasteiger partial charge on any atom is 0.417 e. The first-order valence-electron chi connectivity index (χ1n) is 11.7. The Morgan fingerprint density at radius 1 is 1.09 bits per heavy atom. The van der Waals surface area contributed by atoms with Crippen LogP contribution in [0.25, 0.3) is 22.0 Å². The number of alkyl halides is 3. The first-order valence-corrected chi connectivity index (χ1v) is 11.7. The first-order chi connectivity index (χ1) is 16.7. The summed E-state index contributed by atoms with van der Waals surface area (Å²) in [5.41, 5.74) is -0.630. The topological polar surface area (TPSA) is 85.4 Å². The molecular formula is C26H26F3N3O3. The lowest BCUT2D eigenvalue weighted by Crippen LogP contribution is -2.45. The van der Waals surface area contributed by atoms with E-state index in [-0.39, 0.29) is 29.3 Å². The highest BCUT2D eigenvalue weighted by Crippen LogP contribution is 2.37. The molecule has 1 amide bonds. The summed E-state index contributed by atoms with van der Waals surface area (Å²) < 4.78 is 40.4. The van der Waals surface area contributed by atoms with Crippen molar-refractivity contribution in [1.29, 1.82) is 0 Å². The van der Waals surface area contributed by atoms with Gasteiger partial charge < -0.3 is 15.4 Å². The Labute approximate surface area is 199 Å². The molecule has 6 nitrogen and oxygen atoms in total. The molecule has 2 fully saturated rings. The molecule has 2 saturated heterocycles. The summed E-state index contributed by atoms with van der Waals surface area (Å²) >= 11 is 0. The highest BCUT2D eigenvalue weighted by molar-refractivity contribution is 5.90. The maximum atomic E-state index is 13.5. The number of hydrogen-bond donors (Lipinski definition) is 3. The fraction of sp³-hybridized carbons (Fsp3) is 0.385.